The maximum atomic E-state index is 12.3. The number of aromatic nitrogens is 4. The van der Waals surface area contributed by atoms with Gasteiger partial charge in [-0.25, -0.2) is 13.1 Å². The van der Waals surface area contributed by atoms with Gasteiger partial charge in [0.15, 0.2) is 0 Å². The van der Waals surface area contributed by atoms with Crippen LogP contribution in [0.3, 0.4) is 0 Å². The van der Waals surface area contributed by atoms with Gasteiger partial charge in [-0.05, 0) is 33.9 Å². The highest BCUT2D eigenvalue weighted by atomic mass is 32.2. The van der Waals surface area contributed by atoms with E-state index in [4.69, 9.17) is 0 Å². The van der Waals surface area contributed by atoms with Crippen molar-refractivity contribution in [3.63, 3.8) is 0 Å². The first-order valence-electron chi connectivity index (χ1n) is 5.89. The molecule has 0 aliphatic carbocycles. The highest BCUT2D eigenvalue weighted by Gasteiger charge is 2.27. The van der Waals surface area contributed by atoms with E-state index in [1.165, 1.54) is 15.9 Å². The summed E-state index contributed by atoms with van der Waals surface area (Å²) in [6, 6.07) is 2.00. The molecule has 0 radical (unpaired) electrons. The summed E-state index contributed by atoms with van der Waals surface area (Å²) in [5, 5.41) is 12.6. The summed E-state index contributed by atoms with van der Waals surface area (Å²) < 4.78 is 27.5. The SMILES string of the molecule is O=S(=O)(CCn1cnnn1)N1CCc2sccc2C1. The van der Waals surface area contributed by atoms with Crippen LogP contribution < -0.4 is 0 Å². The molecule has 2 aromatic rings. The molecule has 0 saturated carbocycles. The van der Waals surface area contributed by atoms with Gasteiger partial charge in [0.05, 0.1) is 12.3 Å². The molecule has 0 unspecified atom stereocenters. The van der Waals surface area contributed by atoms with Crippen LogP contribution in [0.1, 0.15) is 10.4 Å². The van der Waals surface area contributed by atoms with Crippen LogP contribution in [0, 0.1) is 0 Å². The Hall–Kier alpha value is -1.32. The summed E-state index contributed by atoms with van der Waals surface area (Å²) in [7, 11) is -3.26. The van der Waals surface area contributed by atoms with Crippen LogP contribution in [0.25, 0.3) is 0 Å². The molecule has 7 nitrogen and oxygen atoms in total. The van der Waals surface area contributed by atoms with Gasteiger partial charge in [0, 0.05) is 18.0 Å². The van der Waals surface area contributed by atoms with E-state index < -0.39 is 10.0 Å². The van der Waals surface area contributed by atoms with Crippen molar-refractivity contribution in [3.8, 4) is 0 Å². The third-order valence-electron chi connectivity index (χ3n) is 3.14. The number of rotatable bonds is 4. The summed E-state index contributed by atoms with van der Waals surface area (Å²) in [5.41, 5.74) is 1.13. The number of thiophene rings is 1. The maximum absolute atomic E-state index is 12.3. The van der Waals surface area contributed by atoms with Crippen molar-refractivity contribution in [2.45, 2.75) is 19.5 Å². The van der Waals surface area contributed by atoms with E-state index in [-0.39, 0.29) is 12.3 Å². The van der Waals surface area contributed by atoms with Gasteiger partial charge in [-0.2, -0.15) is 4.31 Å². The van der Waals surface area contributed by atoms with Gasteiger partial charge in [-0.3, -0.25) is 0 Å². The lowest BCUT2D eigenvalue weighted by Gasteiger charge is -2.26. The van der Waals surface area contributed by atoms with Gasteiger partial charge in [0.25, 0.3) is 0 Å². The Morgan fingerprint density at radius 3 is 3.11 bits per heavy atom. The molecule has 0 bridgehead atoms. The highest BCUT2D eigenvalue weighted by Crippen LogP contribution is 2.25. The van der Waals surface area contributed by atoms with Gasteiger partial charge < -0.3 is 0 Å². The Kier molecular flexibility index (Phi) is 3.33. The zero-order valence-electron chi connectivity index (χ0n) is 10.1. The second kappa shape index (κ2) is 4.99. The molecular formula is C10H13N5O2S2. The van der Waals surface area contributed by atoms with Gasteiger partial charge in [0.2, 0.25) is 10.0 Å². The lowest BCUT2D eigenvalue weighted by Crippen LogP contribution is -2.37. The van der Waals surface area contributed by atoms with Crippen LogP contribution >= 0.6 is 11.3 Å². The molecule has 2 aromatic heterocycles. The van der Waals surface area contributed by atoms with E-state index >= 15 is 0 Å². The predicted molar refractivity (Wildman–Crippen MR) is 70.0 cm³/mol. The zero-order valence-corrected chi connectivity index (χ0v) is 11.8. The van der Waals surface area contributed by atoms with Crippen molar-refractivity contribution >= 4 is 21.4 Å². The molecule has 0 amide bonds. The van der Waals surface area contributed by atoms with Crippen LogP contribution in [0.2, 0.25) is 0 Å². The van der Waals surface area contributed by atoms with Crippen molar-refractivity contribution in [2.75, 3.05) is 12.3 Å². The summed E-state index contributed by atoms with van der Waals surface area (Å²) in [6.45, 7) is 1.32. The molecule has 102 valence electrons. The summed E-state index contributed by atoms with van der Waals surface area (Å²) in [4.78, 5) is 1.30. The molecule has 3 heterocycles. The minimum atomic E-state index is -3.26. The quantitative estimate of drug-likeness (QED) is 0.801. The molecular weight excluding hydrogens is 286 g/mol. The minimum Gasteiger partial charge on any atom is -0.231 e. The fraction of sp³-hybridized carbons (Fsp3) is 0.500. The molecule has 0 fully saturated rings. The fourth-order valence-corrected chi connectivity index (χ4v) is 4.35. The Bertz CT molecular complexity index is 649. The van der Waals surface area contributed by atoms with Crippen LogP contribution in [-0.2, 0) is 29.5 Å². The average molecular weight is 299 g/mol. The third kappa shape index (κ3) is 2.67. The first-order valence-corrected chi connectivity index (χ1v) is 8.38. The van der Waals surface area contributed by atoms with E-state index in [0.29, 0.717) is 13.1 Å². The standard InChI is InChI=1S/C10H13N5O2S2/c16-19(17,6-4-14-8-11-12-13-14)15-3-1-10-9(7-15)2-5-18-10/h2,5,8H,1,3-4,6-7H2. The van der Waals surface area contributed by atoms with Crippen LogP contribution in [-0.4, -0.2) is 45.2 Å². The van der Waals surface area contributed by atoms with Crippen LogP contribution in [0.15, 0.2) is 17.8 Å². The van der Waals surface area contributed by atoms with Crippen LogP contribution in [0.5, 0.6) is 0 Å². The molecule has 19 heavy (non-hydrogen) atoms. The highest BCUT2D eigenvalue weighted by molar-refractivity contribution is 7.89. The Labute approximate surface area is 114 Å². The Morgan fingerprint density at radius 1 is 1.42 bits per heavy atom. The van der Waals surface area contributed by atoms with Gasteiger partial charge in [-0.15, -0.1) is 16.4 Å². The molecule has 0 saturated heterocycles. The Balaban J connectivity index is 1.68. The molecule has 0 N–H and O–H groups in total. The number of hydrogen-bond donors (Lipinski definition) is 0. The normalized spacial score (nSPS) is 16.4. The van der Waals surface area contributed by atoms with E-state index in [2.05, 4.69) is 15.5 Å². The summed E-state index contributed by atoms with van der Waals surface area (Å²) >= 11 is 1.70. The lowest BCUT2D eigenvalue weighted by atomic mass is 10.1. The van der Waals surface area contributed by atoms with Crippen molar-refractivity contribution in [3.05, 3.63) is 28.2 Å². The number of nitrogens with zero attached hydrogens (tertiary/aromatic N) is 5. The van der Waals surface area contributed by atoms with E-state index in [1.807, 2.05) is 11.4 Å². The molecule has 0 spiro atoms. The van der Waals surface area contributed by atoms with Crippen molar-refractivity contribution < 1.29 is 8.42 Å². The number of aryl methyl sites for hydroxylation is 1. The topological polar surface area (TPSA) is 81.0 Å². The fourth-order valence-electron chi connectivity index (χ4n) is 2.08. The lowest BCUT2D eigenvalue weighted by molar-refractivity contribution is 0.391. The predicted octanol–water partition coefficient (Wildman–Crippen LogP) is 0.123. The van der Waals surface area contributed by atoms with Gasteiger partial charge in [0.1, 0.15) is 6.33 Å². The molecule has 0 atom stereocenters. The van der Waals surface area contributed by atoms with Crippen molar-refractivity contribution in [2.24, 2.45) is 0 Å². The monoisotopic (exact) mass is 299 g/mol. The van der Waals surface area contributed by atoms with Crippen LogP contribution in [0.4, 0.5) is 0 Å². The first kappa shape index (κ1) is 12.7. The van der Waals surface area contributed by atoms with Crippen molar-refractivity contribution in [1.29, 1.82) is 0 Å². The number of fused-ring (bicyclic) bond motifs is 1. The molecule has 3 rings (SSSR count). The zero-order chi connectivity index (χ0) is 13.3. The summed E-state index contributed by atoms with van der Waals surface area (Å²) in [5.74, 6) is 0.0253. The number of tetrazole rings is 1. The summed E-state index contributed by atoms with van der Waals surface area (Å²) in [6.07, 6.45) is 2.22. The van der Waals surface area contributed by atoms with Gasteiger partial charge >= 0.3 is 0 Å². The number of hydrogen-bond acceptors (Lipinski definition) is 6. The number of sulfonamides is 1. The molecule has 1 aliphatic rings. The second-order valence-electron chi connectivity index (χ2n) is 4.34. The van der Waals surface area contributed by atoms with E-state index in [0.717, 1.165) is 12.0 Å². The van der Waals surface area contributed by atoms with E-state index in [9.17, 15) is 8.42 Å². The third-order valence-corrected chi connectivity index (χ3v) is 5.96. The molecule has 9 heteroatoms. The Morgan fingerprint density at radius 2 is 2.32 bits per heavy atom. The van der Waals surface area contributed by atoms with Gasteiger partial charge in [-0.1, -0.05) is 0 Å². The smallest absolute Gasteiger partial charge is 0.216 e. The van der Waals surface area contributed by atoms with Crippen molar-refractivity contribution in [1.82, 2.24) is 24.5 Å². The second-order valence-corrected chi connectivity index (χ2v) is 7.43. The van der Waals surface area contributed by atoms with E-state index in [1.54, 1.807) is 15.6 Å². The first-order chi connectivity index (χ1) is 9.15. The molecule has 0 aromatic carbocycles. The molecule has 1 aliphatic heterocycles. The largest absolute Gasteiger partial charge is 0.231 e. The minimum absolute atomic E-state index is 0.0253. The average Bonchev–Trinajstić information content (AvgIpc) is 3.06. The maximum Gasteiger partial charge on any atom is 0.216 e.